The minimum Gasteiger partial charge on any atom is -0.481 e. The van der Waals surface area contributed by atoms with E-state index < -0.39 is 5.97 Å². The zero-order valence-electron chi connectivity index (χ0n) is 6.45. The minimum atomic E-state index is -0.786. The number of hydrogen-bond acceptors (Lipinski definition) is 1. The molecule has 1 N–H and O–H groups in total. The molecule has 0 amide bonds. The molecule has 2 nitrogen and oxygen atoms in total. The van der Waals surface area contributed by atoms with E-state index in [1.165, 1.54) is 0 Å². The van der Waals surface area contributed by atoms with Crippen LogP contribution in [0.5, 0.6) is 0 Å². The van der Waals surface area contributed by atoms with Gasteiger partial charge in [-0.25, -0.2) is 0 Å². The van der Waals surface area contributed by atoms with Crippen LogP contribution in [0.4, 0.5) is 0 Å². The zero-order valence-corrected chi connectivity index (χ0v) is 6.45. The van der Waals surface area contributed by atoms with E-state index in [1.807, 2.05) is 18.2 Å². The number of benzene rings is 1. The first-order valence-corrected chi connectivity index (χ1v) is 3.05. The fourth-order valence-corrected chi connectivity index (χ4v) is 0.770. The molecule has 53 valence electrons. The topological polar surface area (TPSA) is 37.3 Å². The van der Waals surface area contributed by atoms with Crippen LogP contribution in [0.25, 0.3) is 0 Å². The summed E-state index contributed by atoms with van der Waals surface area (Å²) in [5.74, 6) is -0.786. The van der Waals surface area contributed by atoms with Crippen molar-refractivity contribution in [2.45, 2.75) is 6.42 Å². The second-order valence-electron chi connectivity index (χ2n) is 2.06. The Balaban J connectivity index is 0.000001000. The Morgan fingerprint density at radius 2 is 1.82 bits per heavy atom. The summed E-state index contributed by atoms with van der Waals surface area (Å²) in [4.78, 5) is 10.2. The number of rotatable bonds is 2. The molecule has 0 saturated carbocycles. The van der Waals surface area contributed by atoms with E-state index in [4.69, 9.17) is 5.11 Å². The fourth-order valence-electron chi connectivity index (χ4n) is 0.770. The SMILES string of the molecule is O=C(O)Cc1ccccc1.[Li]. The van der Waals surface area contributed by atoms with Gasteiger partial charge in [0.25, 0.3) is 0 Å². The van der Waals surface area contributed by atoms with Gasteiger partial charge in [-0.15, -0.1) is 0 Å². The second-order valence-corrected chi connectivity index (χ2v) is 2.06. The van der Waals surface area contributed by atoms with Crippen molar-refractivity contribution in [2.24, 2.45) is 0 Å². The van der Waals surface area contributed by atoms with E-state index in [0.29, 0.717) is 0 Å². The molecule has 0 heterocycles. The van der Waals surface area contributed by atoms with Gasteiger partial charge in [-0.3, -0.25) is 4.79 Å². The molecule has 0 aliphatic heterocycles. The number of carbonyl (C=O) groups is 1. The molecule has 0 fully saturated rings. The van der Waals surface area contributed by atoms with Gasteiger partial charge in [0.2, 0.25) is 0 Å². The quantitative estimate of drug-likeness (QED) is 0.625. The molecule has 11 heavy (non-hydrogen) atoms. The van der Waals surface area contributed by atoms with Crippen LogP contribution in [0.3, 0.4) is 0 Å². The van der Waals surface area contributed by atoms with Crippen LogP contribution in [0.2, 0.25) is 0 Å². The number of aliphatic carboxylic acids is 1. The monoisotopic (exact) mass is 143 g/mol. The van der Waals surface area contributed by atoms with Gasteiger partial charge in [-0.05, 0) is 5.56 Å². The van der Waals surface area contributed by atoms with E-state index in [1.54, 1.807) is 12.1 Å². The molecule has 3 heteroatoms. The van der Waals surface area contributed by atoms with Crippen molar-refractivity contribution >= 4 is 24.8 Å². The molecular weight excluding hydrogens is 135 g/mol. The molecule has 0 atom stereocenters. The Kier molecular flexibility index (Phi) is 4.68. The molecule has 1 rings (SSSR count). The van der Waals surface area contributed by atoms with Gasteiger partial charge in [-0.1, -0.05) is 30.3 Å². The Hall–Kier alpha value is -0.713. The van der Waals surface area contributed by atoms with E-state index in [2.05, 4.69) is 0 Å². The van der Waals surface area contributed by atoms with Gasteiger partial charge in [0, 0.05) is 18.9 Å². The average Bonchev–Trinajstić information content (AvgIpc) is 1.88. The summed E-state index contributed by atoms with van der Waals surface area (Å²) in [5.41, 5.74) is 0.843. The molecule has 0 aliphatic rings. The smallest absolute Gasteiger partial charge is 0.307 e. The van der Waals surface area contributed by atoms with Gasteiger partial charge in [0.1, 0.15) is 0 Å². The van der Waals surface area contributed by atoms with Crippen molar-refractivity contribution in [3.8, 4) is 0 Å². The number of hydrogen-bond donors (Lipinski definition) is 1. The van der Waals surface area contributed by atoms with Crippen molar-refractivity contribution in [1.29, 1.82) is 0 Å². The average molecular weight is 143 g/mol. The van der Waals surface area contributed by atoms with E-state index in [0.717, 1.165) is 5.56 Å². The Morgan fingerprint density at radius 3 is 2.27 bits per heavy atom. The largest absolute Gasteiger partial charge is 0.481 e. The molecule has 0 aromatic heterocycles. The molecule has 1 aromatic rings. The van der Waals surface area contributed by atoms with E-state index >= 15 is 0 Å². The molecule has 0 aliphatic carbocycles. The predicted molar refractivity (Wildman–Crippen MR) is 43.5 cm³/mol. The van der Waals surface area contributed by atoms with Gasteiger partial charge < -0.3 is 5.11 Å². The van der Waals surface area contributed by atoms with Crippen LogP contribution in [0.15, 0.2) is 30.3 Å². The van der Waals surface area contributed by atoms with Gasteiger partial charge >= 0.3 is 5.97 Å². The first-order chi connectivity index (χ1) is 4.79. The summed E-state index contributed by atoms with van der Waals surface area (Å²) in [6, 6.07) is 9.13. The zero-order chi connectivity index (χ0) is 7.40. The summed E-state index contributed by atoms with van der Waals surface area (Å²) in [6.45, 7) is 0. The Morgan fingerprint density at radius 1 is 1.27 bits per heavy atom. The van der Waals surface area contributed by atoms with E-state index in [9.17, 15) is 4.79 Å². The number of carboxylic acids is 1. The third-order valence-electron chi connectivity index (χ3n) is 1.20. The van der Waals surface area contributed by atoms with Crippen molar-refractivity contribution < 1.29 is 9.90 Å². The summed E-state index contributed by atoms with van der Waals surface area (Å²) >= 11 is 0. The predicted octanol–water partition coefficient (Wildman–Crippen LogP) is 0.933. The third-order valence-corrected chi connectivity index (χ3v) is 1.20. The van der Waals surface area contributed by atoms with Crippen molar-refractivity contribution in [3.63, 3.8) is 0 Å². The maximum Gasteiger partial charge on any atom is 0.307 e. The molecule has 1 radical (unpaired) electrons. The molecule has 0 unspecified atom stereocenters. The maximum absolute atomic E-state index is 10.2. The van der Waals surface area contributed by atoms with Gasteiger partial charge in [-0.2, -0.15) is 0 Å². The van der Waals surface area contributed by atoms with Crippen LogP contribution in [-0.4, -0.2) is 29.9 Å². The van der Waals surface area contributed by atoms with Crippen molar-refractivity contribution in [1.82, 2.24) is 0 Å². The normalized spacial score (nSPS) is 8.36. The summed E-state index contributed by atoms with van der Waals surface area (Å²) in [6.07, 6.45) is 0.112. The van der Waals surface area contributed by atoms with Crippen molar-refractivity contribution in [3.05, 3.63) is 35.9 Å². The second kappa shape index (κ2) is 5.01. The van der Waals surface area contributed by atoms with E-state index in [-0.39, 0.29) is 25.3 Å². The maximum atomic E-state index is 10.2. The molecule has 0 saturated heterocycles. The Labute approximate surface area is 77.4 Å². The molecular formula is C8H8LiO2. The first-order valence-electron chi connectivity index (χ1n) is 3.05. The minimum absolute atomic E-state index is 0. The molecule has 1 aromatic carbocycles. The van der Waals surface area contributed by atoms with Crippen LogP contribution in [0.1, 0.15) is 5.56 Å². The van der Waals surface area contributed by atoms with Gasteiger partial charge in [0.15, 0.2) is 0 Å². The standard InChI is InChI=1S/C8H8O2.Li/c9-8(10)6-7-4-2-1-3-5-7;/h1-5H,6H2,(H,9,10);. The van der Waals surface area contributed by atoms with Crippen LogP contribution >= 0.6 is 0 Å². The first kappa shape index (κ1) is 10.3. The third kappa shape index (κ3) is 3.87. The van der Waals surface area contributed by atoms with Gasteiger partial charge in [0.05, 0.1) is 6.42 Å². The molecule has 0 spiro atoms. The summed E-state index contributed by atoms with van der Waals surface area (Å²) in [7, 11) is 0. The fraction of sp³-hybridized carbons (Fsp3) is 0.125. The number of carboxylic acid groups (broad SMARTS) is 1. The molecule has 0 bridgehead atoms. The van der Waals surface area contributed by atoms with Crippen LogP contribution < -0.4 is 0 Å². The Bertz CT molecular complexity index is 221. The van der Waals surface area contributed by atoms with Crippen molar-refractivity contribution in [2.75, 3.05) is 0 Å². The summed E-state index contributed by atoms with van der Waals surface area (Å²) in [5, 5.41) is 8.37. The summed E-state index contributed by atoms with van der Waals surface area (Å²) < 4.78 is 0. The van der Waals surface area contributed by atoms with Crippen LogP contribution in [0, 0.1) is 0 Å². The van der Waals surface area contributed by atoms with Crippen LogP contribution in [-0.2, 0) is 11.2 Å².